The molecule has 1 aliphatic rings. The molecule has 0 saturated carbocycles. The van der Waals surface area contributed by atoms with Gasteiger partial charge in [0.1, 0.15) is 5.82 Å². The van der Waals surface area contributed by atoms with Crippen molar-refractivity contribution in [2.45, 2.75) is 18.4 Å². The summed E-state index contributed by atoms with van der Waals surface area (Å²) in [6.45, 7) is 2.00. The van der Waals surface area contributed by atoms with Crippen LogP contribution in [0.2, 0.25) is 0 Å². The molecule has 1 aliphatic heterocycles. The molecular weight excluding hydrogens is 383 g/mol. The van der Waals surface area contributed by atoms with E-state index < -0.39 is 12.6 Å². The number of halogens is 1. The molecule has 146 valence electrons. The topological polar surface area (TPSA) is 75.7 Å². The molecular formula is C20H19FN2O4S. The standard InChI is InChI=1S/C20H19FN2O4S/c1-2-23(10-13-4-3-5-15(21)8-13)19(25)11-27-20(26)14-6-7-17-16(9-14)22-18(24)12-28-17/h3-9H,2,10-12H2,1H3,(H,22,24). The molecule has 0 fully saturated rings. The molecule has 0 unspecified atom stereocenters. The Kier molecular flexibility index (Phi) is 6.30. The number of carbonyl (C=O) groups excluding carboxylic acids is 3. The minimum atomic E-state index is -0.650. The predicted molar refractivity (Wildman–Crippen MR) is 104 cm³/mol. The molecule has 0 saturated heterocycles. The van der Waals surface area contributed by atoms with E-state index in [0.717, 1.165) is 4.90 Å². The Morgan fingerprint density at radius 2 is 2.07 bits per heavy atom. The average Bonchev–Trinajstić information content (AvgIpc) is 2.69. The Hall–Kier alpha value is -2.87. The van der Waals surface area contributed by atoms with Crippen LogP contribution in [-0.2, 0) is 20.9 Å². The van der Waals surface area contributed by atoms with Crippen LogP contribution in [0.1, 0.15) is 22.8 Å². The number of nitrogens with one attached hydrogen (secondary N) is 1. The Morgan fingerprint density at radius 1 is 1.25 bits per heavy atom. The number of anilines is 1. The van der Waals surface area contributed by atoms with E-state index in [1.807, 2.05) is 0 Å². The molecule has 28 heavy (non-hydrogen) atoms. The van der Waals surface area contributed by atoms with Crippen LogP contribution in [0.3, 0.4) is 0 Å². The second-order valence-corrected chi connectivity index (χ2v) is 7.18. The van der Waals surface area contributed by atoms with E-state index in [-0.39, 0.29) is 29.7 Å². The molecule has 0 aliphatic carbocycles. The molecule has 2 aromatic carbocycles. The lowest BCUT2D eigenvalue weighted by atomic mass is 10.2. The fraction of sp³-hybridized carbons (Fsp3) is 0.250. The van der Waals surface area contributed by atoms with Gasteiger partial charge in [0.15, 0.2) is 6.61 Å². The number of rotatable bonds is 6. The summed E-state index contributed by atoms with van der Waals surface area (Å²) in [7, 11) is 0. The minimum Gasteiger partial charge on any atom is -0.452 e. The predicted octanol–water partition coefficient (Wildman–Crippen LogP) is 3.08. The molecule has 0 spiro atoms. The third kappa shape index (κ3) is 4.89. The number of nitrogens with zero attached hydrogens (tertiary/aromatic N) is 1. The summed E-state index contributed by atoms with van der Waals surface area (Å²) in [5, 5.41) is 2.71. The molecule has 1 N–H and O–H groups in total. The van der Waals surface area contributed by atoms with Gasteiger partial charge in [-0.25, -0.2) is 9.18 Å². The van der Waals surface area contributed by atoms with Gasteiger partial charge in [-0.1, -0.05) is 12.1 Å². The smallest absolute Gasteiger partial charge is 0.338 e. The molecule has 0 atom stereocenters. The van der Waals surface area contributed by atoms with Gasteiger partial charge >= 0.3 is 5.97 Å². The number of fused-ring (bicyclic) bond motifs is 1. The van der Waals surface area contributed by atoms with Gasteiger partial charge in [-0.15, -0.1) is 11.8 Å². The van der Waals surface area contributed by atoms with E-state index in [9.17, 15) is 18.8 Å². The second kappa shape index (κ2) is 8.88. The monoisotopic (exact) mass is 402 g/mol. The summed E-state index contributed by atoms with van der Waals surface area (Å²) in [5.41, 5.74) is 1.47. The van der Waals surface area contributed by atoms with E-state index in [1.54, 1.807) is 31.2 Å². The zero-order valence-electron chi connectivity index (χ0n) is 15.2. The summed E-state index contributed by atoms with van der Waals surface area (Å²) in [4.78, 5) is 38.5. The molecule has 3 rings (SSSR count). The highest BCUT2D eigenvalue weighted by molar-refractivity contribution is 8.00. The first-order valence-corrected chi connectivity index (χ1v) is 9.71. The third-order valence-corrected chi connectivity index (χ3v) is 5.25. The van der Waals surface area contributed by atoms with Crippen LogP contribution in [0.15, 0.2) is 47.4 Å². The molecule has 6 nitrogen and oxygen atoms in total. The first-order chi connectivity index (χ1) is 13.5. The quantitative estimate of drug-likeness (QED) is 0.752. The van der Waals surface area contributed by atoms with Crippen LogP contribution in [-0.4, -0.2) is 41.6 Å². The van der Waals surface area contributed by atoms with Crippen molar-refractivity contribution in [3.63, 3.8) is 0 Å². The van der Waals surface area contributed by atoms with Gasteiger partial charge in [-0.05, 0) is 42.8 Å². The van der Waals surface area contributed by atoms with Crippen LogP contribution >= 0.6 is 11.8 Å². The normalized spacial score (nSPS) is 12.7. The maximum absolute atomic E-state index is 13.3. The number of ether oxygens (including phenoxy) is 1. The highest BCUT2D eigenvalue weighted by Crippen LogP contribution is 2.32. The molecule has 0 bridgehead atoms. The molecule has 0 aromatic heterocycles. The number of carbonyl (C=O) groups is 3. The highest BCUT2D eigenvalue weighted by Gasteiger charge is 2.19. The van der Waals surface area contributed by atoms with Crippen LogP contribution in [0.4, 0.5) is 10.1 Å². The van der Waals surface area contributed by atoms with Crippen LogP contribution < -0.4 is 5.32 Å². The fourth-order valence-corrected chi connectivity index (χ4v) is 3.53. The van der Waals surface area contributed by atoms with E-state index in [2.05, 4.69) is 5.32 Å². The van der Waals surface area contributed by atoms with E-state index in [1.165, 1.54) is 34.9 Å². The largest absolute Gasteiger partial charge is 0.452 e. The van der Waals surface area contributed by atoms with Crippen molar-refractivity contribution in [3.05, 3.63) is 59.4 Å². The summed E-state index contributed by atoms with van der Waals surface area (Å²) in [5.74, 6) is -1.19. The SMILES string of the molecule is CCN(Cc1cccc(F)c1)C(=O)COC(=O)c1ccc2c(c1)NC(=O)CS2. The highest BCUT2D eigenvalue weighted by atomic mass is 32.2. The number of likely N-dealkylation sites (N-methyl/N-ethyl adjacent to an activating group) is 1. The van der Waals surface area contributed by atoms with Gasteiger partial charge in [-0.2, -0.15) is 0 Å². The van der Waals surface area contributed by atoms with E-state index >= 15 is 0 Å². The number of benzene rings is 2. The lowest BCUT2D eigenvalue weighted by Gasteiger charge is -2.21. The Labute approximate surface area is 166 Å². The Bertz CT molecular complexity index is 919. The van der Waals surface area contributed by atoms with Gasteiger partial charge in [0, 0.05) is 18.0 Å². The van der Waals surface area contributed by atoms with Crippen molar-refractivity contribution < 1.29 is 23.5 Å². The first-order valence-electron chi connectivity index (χ1n) is 8.72. The average molecular weight is 402 g/mol. The molecule has 8 heteroatoms. The van der Waals surface area contributed by atoms with Gasteiger partial charge in [0.25, 0.3) is 5.91 Å². The maximum atomic E-state index is 13.3. The van der Waals surface area contributed by atoms with Crippen molar-refractivity contribution in [1.29, 1.82) is 0 Å². The van der Waals surface area contributed by atoms with Crippen molar-refractivity contribution in [3.8, 4) is 0 Å². The van der Waals surface area contributed by atoms with Crippen molar-refractivity contribution in [1.82, 2.24) is 4.90 Å². The number of thioether (sulfide) groups is 1. The molecule has 1 heterocycles. The Balaban J connectivity index is 1.59. The van der Waals surface area contributed by atoms with Crippen molar-refractivity contribution >= 4 is 35.2 Å². The van der Waals surface area contributed by atoms with Gasteiger partial charge in [0.05, 0.1) is 17.0 Å². The first kappa shape index (κ1) is 19.9. The van der Waals surface area contributed by atoms with E-state index in [0.29, 0.717) is 23.5 Å². The third-order valence-electron chi connectivity index (χ3n) is 4.17. The van der Waals surface area contributed by atoms with Crippen LogP contribution in [0.25, 0.3) is 0 Å². The zero-order valence-corrected chi connectivity index (χ0v) is 16.1. The maximum Gasteiger partial charge on any atom is 0.338 e. The molecule has 0 radical (unpaired) electrons. The van der Waals surface area contributed by atoms with Crippen LogP contribution in [0.5, 0.6) is 0 Å². The molecule has 2 aromatic rings. The zero-order chi connectivity index (χ0) is 20.1. The van der Waals surface area contributed by atoms with E-state index in [4.69, 9.17) is 4.74 Å². The summed E-state index contributed by atoms with van der Waals surface area (Å²) in [6, 6.07) is 10.9. The number of hydrogen-bond donors (Lipinski definition) is 1. The van der Waals surface area contributed by atoms with Gasteiger partial charge in [-0.3, -0.25) is 9.59 Å². The van der Waals surface area contributed by atoms with Crippen molar-refractivity contribution in [2.75, 3.05) is 24.2 Å². The van der Waals surface area contributed by atoms with Gasteiger partial charge < -0.3 is 15.0 Å². The Morgan fingerprint density at radius 3 is 2.82 bits per heavy atom. The number of amides is 2. The van der Waals surface area contributed by atoms with Crippen molar-refractivity contribution in [2.24, 2.45) is 0 Å². The summed E-state index contributed by atoms with van der Waals surface area (Å²) < 4.78 is 18.4. The lowest BCUT2D eigenvalue weighted by Crippen LogP contribution is -2.34. The summed E-state index contributed by atoms with van der Waals surface area (Å²) >= 11 is 1.39. The lowest BCUT2D eigenvalue weighted by molar-refractivity contribution is -0.135. The van der Waals surface area contributed by atoms with Gasteiger partial charge in [0.2, 0.25) is 5.91 Å². The minimum absolute atomic E-state index is 0.130. The number of hydrogen-bond acceptors (Lipinski definition) is 5. The summed E-state index contributed by atoms with van der Waals surface area (Å²) in [6.07, 6.45) is 0. The fourth-order valence-electron chi connectivity index (χ4n) is 2.74. The number of esters is 1. The second-order valence-electron chi connectivity index (χ2n) is 6.16. The van der Waals surface area contributed by atoms with Crippen LogP contribution in [0, 0.1) is 5.82 Å². The molecule has 2 amide bonds.